The number of carbonyl (C=O) groups is 1. The van der Waals surface area contributed by atoms with Gasteiger partial charge in [-0.3, -0.25) is 9.69 Å². The summed E-state index contributed by atoms with van der Waals surface area (Å²) < 4.78 is 10.6. The van der Waals surface area contributed by atoms with Crippen LogP contribution in [0.4, 0.5) is 0 Å². The van der Waals surface area contributed by atoms with Crippen LogP contribution >= 0.6 is 11.3 Å². The summed E-state index contributed by atoms with van der Waals surface area (Å²) in [4.78, 5) is 22.2. The molecule has 1 amide bonds. The van der Waals surface area contributed by atoms with Crippen LogP contribution in [0.1, 0.15) is 18.1 Å². The molecule has 1 fully saturated rings. The Labute approximate surface area is 173 Å². The number of nitrogens with zero attached hydrogens (tertiary/aromatic N) is 4. The Kier molecular flexibility index (Phi) is 6.71. The number of carbonyl (C=O) groups excluding carboxylic acids is 1. The largest absolute Gasteiger partial charge is 0.467 e. The van der Waals surface area contributed by atoms with Crippen LogP contribution in [0.15, 0.2) is 44.8 Å². The number of aryl methyl sites for hydroxylation is 1. The third kappa shape index (κ3) is 5.75. The number of amides is 1. The van der Waals surface area contributed by atoms with Gasteiger partial charge in [0.25, 0.3) is 0 Å². The summed E-state index contributed by atoms with van der Waals surface area (Å²) in [7, 11) is 0. The molecule has 0 aromatic carbocycles. The first-order chi connectivity index (χ1) is 14.3. The highest BCUT2D eigenvalue weighted by molar-refractivity contribution is 7.13. The average molecular weight is 416 g/mol. The van der Waals surface area contributed by atoms with Gasteiger partial charge in [0.2, 0.25) is 17.6 Å². The highest BCUT2D eigenvalue weighted by atomic mass is 32.1. The quantitative estimate of drug-likeness (QED) is 0.573. The van der Waals surface area contributed by atoms with Gasteiger partial charge in [-0.15, -0.1) is 11.3 Å². The van der Waals surface area contributed by atoms with Crippen LogP contribution in [-0.2, 0) is 17.8 Å². The maximum absolute atomic E-state index is 12.1. The Morgan fingerprint density at radius 2 is 2.03 bits per heavy atom. The van der Waals surface area contributed by atoms with Crippen LogP contribution in [0.2, 0.25) is 0 Å². The molecule has 0 aliphatic carbocycles. The van der Waals surface area contributed by atoms with Gasteiger partial charge in [-0.1, -0.05) is 11.2 Å². The van der Waals surface area contributed by atoms with E-state index in [4.69, 9.17) is 8.94 Å². The van der Waals surface area contributed by atoms with Crippen molar-refractivity contribution >= 4 is 17.2 Å². The highest BCUT2D eigenvalue weighted by Gasteiger charge is 2.19. The minimum absolute atomic E-state index is 0.0350. The SMILES string of the molecule is O=C(CN1CCN(CCCc2nc(-c3cccs3)no2)CC1)NCc1ccco1. The fourth-order valence-corrected chi connectivity index (χ4v) is 3.99. The molecule has 0 bridgehead atoms. The van der Waals surface area contributed by atoms with Gasteiger partial charge in [0, 0.05) is 32.6 Å². The maximum Gasteiger partial charge on any atom is 0.234 e. The summed E-state index contributed by atoms with van der Waals surface area (Å²) in [6, 6.07) is 7.66. The second kappa shape index (κ2) is 9.82. The molecule has 0 saturated carbocycles. The van der Waals surface area contributed by atoms with Crippen molar-refractivity contribution in [2.75, 3.05) is 39.3 Å². The van der Waals surface area contributed by atoms with Gasteiger partial charge in [0.15, 0.2) is 0 Å². The van der Waals surface area contributed by atoms with Gasteiger partial charge in [0.1, 0.15) is 5.76 Å². The van der Waals surface area contributed by atoms with Gasteiger partial charge >= 0.3 is 0 Å². The Morgan fingerprint density at radius 1 is 1.17 bits per heavy atom. The van der Waals surface area contributed by atoms with Crippen LogP contribution in [0.25, 0.3) is 10.7 Å². The minimum Gasteiger partial charge on any atom is -0.467 e. The lowest BCUT2D eigenvalue weighted by atomic mass is 10.2. The third-order valence-corrected chi connectivity index (χ3v) is 5.81. The lowest BCUT2D eigenvalue weighted by Crippen LogP contribution is -2.49. The zero-order chi connectivity index (χ0) is 19.9. The Balaban J connectivity index is 1.11. The molecule has 29 heavy (non-hydrogen) atoms. The second-order valence-electron chi connectivity index (χ2n) is 7.07. The van der Waals surface area contributed by atoms with E-state index in [9.17, 15) is 4.79 Å². The molecular weight excluding hydrogens is 390 g/mol. The third-order valence-electron chi connectivity index (χ3n) is 4.95. The molecule has 9 heteroatoms. The molecule has 1 saturated heterocycles. The van der Waals surface area contributed by atoms with Crippen molar-refractivity contribution in [2.24, 2.45) is 0 Å². The summed E-state index contributed by atoms with van der Waals surface area (Å²) in [5, 5.41) is 8.96. The van der Waals surface area contributed by atoms with Gasteiger partial charge in [-0.25, -0.2) is 0 Å². The van der Waals surface area contributed by atoms with Gasteiger partial charge in [0.05, 0.1) is 24.2 Å². The highest BCUT2D eigenvalue weighted by Crippen LogP contribution is 2.21. The number of nitrogens with one attached hydrogen (secondary N) is 1. The van der Waals surface area contributed by atoms with E-state index >= 15 is 0 Å². The molecule has 1 aliphatic rings. The second-order valence-corrected chi connectivity index (χ2v) is 8.01. The van der Waals surface area contributed by atoms with Gasteiger partial charge < -0.3 is 19.2 Å². The molecule has 0 atom stereocenters. The number of hydrogen-bond donors (Lipinski definition) is 1. The van der Waals surface area contributed by atoms with Crippen LogP contribution in [0.5, 0.6) is 0 Å². The zero-order valence-electron chi connectivity index (χ0n) is 16.2. The van der Waals surface area contributed by atoms with Crippen LogP contribution in [0.3, 0.4) is 0 Å². The molecule has 0 unspecified atom stereocenters. The van der Waals surface area contributed by atoms with Crippen molar-refractivity contribution in [3.8, 4) is 10.7 Å². The van der Waals surface area contributed by atoms with Gasteiger partial charge in [-0.2, -0.15) is 4.98 Å². The number of hydrogen-bond acceptors (Lipinski definition) is 8. The number of aromatic nitrogens is 2. The Bertz CT molecular complexity index is 870. The summed E-state index contributed by atoms with van der Waals surface area (Å²) >= 11 is 1.61. The molecule has 3 aromatic heterocycles. The lowest BCUT2D eigenvalue weighted by molar-refractivity contribution is -0.122. The van der Waals surface area contributed by atoms with E-state index in [1.165, 1.54) is 0 Å². The molecule has 1 aliphatic heterocycles. The van der Waals surface area contributed by atoms with Crippen molar-refractivity contribution in [2.45, 2.75) is 19.4 Å². The van der Waals surface area contributed by atoms with Crippen molar-refractivity contribution in [3.63, 3.8) is 0 Å². The molecule has 0 radical (unpaired) electrons. The predicted octanol–water partition coefficient (Wildman–Crippen LogP) is 2.26. The van der Waals surface area contributed by atoms with Crippen molar-refractivity contribution < 1.29 is 13.7 Å². The van der Waals surface area contributed by atoms with E-state index in [2.05, 4.69) is 25.3 Å². The molecule has 3 aromatic rings. The average Bonchev–Trinajstić information content (AvgIpc) is 3.49. The first-order valence-corrected chi connectivity index (χ1v) is 10.7. The minimum atomic E-state index is 0.0350. The van der Waals surface area contributed by atoms with E-state index in [-0.39, 0.29) is 5.91 Å². The number of furan rings is 1. The summed E-state index contributed by atoms with van der Waals surface area (Å²) in [5.41, 5.74) is 0. The zero-order valence-corrected chi connectivity index (χ0v) is 17.1. The topological polar surface area (TPSA) is 87.6 Å². The normalized spacial score (nSPS) is 15.6. The lowest BCUT2D eigenvalue weighted by Gasteiger charge is -2.34. The van der Waals surface area contributed by atoms with Crippen LogP contribution in [-0.4, -0.2) is 65.1 Å². The van der Waals surface area contributed by atoms with E-state index in [0.29, 0.717) is 24.8 Å². The molecular formula is C20H25N5O3S. The fourth-order valence-electron chi connectivity index (χ4n) is 3.35. The predicted molar refractivity (Wildman–Crippen MR) is 109 cm³/mol. The summed E-state index contributed by atoms with van der Waals surface area (Å²) in [6.45, 7) is 5.60. The monoisotopic (exact) mass is 415 g/mol. The number of piperazine rings is 1. The Morgan fingerprint density at radius 3 is 2.79 bits per heavy atom. The Hall–Kier alpha value is -2.49. The first kappa shape index (κ1) is 19.8. The van der Waals surface area contributed by atoms with Crippen molar-refractivity contribution in [1.82, 2.24) is 25.3 Å². The van der Waals surface area contributed by atoms with E-state index in [0.717, 1.165) is 56.2 Å². The summed E-state index contributed by atoms with van der Waals surface area (Å²) in [5.74, 6) is 2.17. The van der Waals surface area contributed by atoms with Crippen molar-refractivity contribution in [3.05, 3.63) is 47.6 Å². The molecule has 8 nitrogen and oxygen atoms in total. The van der Waals surface area contributed by atoms with E-state index in [1.807, 2.05) is 29.6 Å². The maximum atomic E-state index is 12.1. The molecule has 0 spiro atoms. The fraction of sp³-hybridized carbons (Fsp3) is 0.450. The molecule has 1 N–H and O–H groups in total. The van der Waals surface area contributed by atoms with Gasteiger partial charge in [-0.05, 0) is 36.5 Å². The van der Waals surface area contributed by atoms with E-state index in [1.54, 1.807) is 17.6 Å². The number of rotatable bonds is 9. The van der Waals surface area contributed by atoms with Crippen LogP contribution < -0.4 is 5.32 Å². The molecule has 4 heterocycles. The summed E-state index contributed by atoms with van der Waals surface area (Å²) in [6.07, 6.45) is 3.38. The van der Waals surface area contributed by atoms with Crippen molar-refractivity contribution in [1.29, 1.82) is 0 Å². The molecule has 154 valence electrons. The number of thiophene rings is 1. The van der Waals surface area contributed by atoms with Crippen LogP contribution in [0, 0.1) is 0 Å². The smallest absolute Gasteiger partial charge is 0.234 e. The first-order valence-electron chi connectivity index (χ1n) is 9.86. The van der Waals surface area contributed by atoms with E-state index < -0.39 is 0 Å². The molecule has 4 rings (SSSR count). The standard InChI is InChI=1S/C20H25N5O3S/c26-18(21-14-16-4-2-12-27-16)15-25-10-8-24(9-11-25)7-1-6-19-22-20(23-28-19)17-5-3-13-29-17/h2-5,12-13H,1,6-11,14-15H2,(H,21,26).